The lowest BCUT2D eigenvalue weighted by Gasteiger charge is -2.27. The van der Waals surface area contributed by atoms with E-state index >= 15 is 0 Å². The van der Waals surface area contributed by atoms with Gasteiger partial charge in [0.05, 0.1) is 12.7 Å². The zero-order valence-electron chi connectivity index (χ0n) is 6.34. The molecule has 2 atom stereocenters. The van der Waals surface area contributed by atoms with E-state index in [1.54, 1.807) is 0 Å². The van der Waals surface area contributed by atoms with Crippen molar-refractivity contribution >= 4 is 0 Å². The summed E-state index contributed by atoms with van der Waals surface area (Å²) in [5, 5.41) is 9.35. The summed E-state index contributed by atoms with van der Waals surface area (Å²) >= 11 is 0. The van der Waals surface area contributed by atoms with Gasteiger partial charge in [0.2, 0.25) is 0 Å². The molecule has 1 N–H and O–H groups in total. The zero-order valence-corrected chi connectivity index (χ0v) is 6.34. The zero-order chi connectivity index (χ0) is 7.56. The van der Waals surface area contributed by atoms with Gasteiger partial charge in [-0.05, 0) is 13.3 Å². The summed E-state index contributed by atoms with van der Waals surface area (Å²) in [7, 11) is 0. The SMILES string of the molecule is C=C(C)[C@H]1CCOC[C@@H]1O. The summed E-state index contributed by atoms with van der Waals surface area (Å²) in [6.45, 7) is 7.00. The van der Waals surface area contributed by atoms with E-state index in [9.17, 15) is 5.11 Å². The van der Waals surface area contributed by atoms with Crippen molar-refractivity contribution in [2.24, 2.45) is 5.92 Å². The van der Waals surface area contributed by atoms with E-state index in [0.29, 0.717) is 6.61 Å². The molecule has 58 valence electrons. The minimum absolute atomic E-state index is 0.258. The molecule has 1 aliphatic heterocycles. The van der Waals surface area contributed by atoms with E-state index in [-0.39, 0.29) is 12.0 Å². The molecule has 0 saturated carbocycles. The Morgan fingerprint density at radius 3 is 2.80 bits per heavy atom. The first-order valence-electron chi connectivity index (χ1n) is 3.63. The van der Waals surface area contributed by atoms with Crippen LogP contribution in [-0.4, -0.2) is 24.4 Å². The molecule has 1 fully saturated rings. The maximum Gasteiger partial charge on any atom is 0.0839 e. The van der Waals surface area contributed by atoms with Crippen LogP contribution in [0.2, 0.25) is 0 Å². The van der Waals surface area contributed by atoms with Crippen LogP contribution in [0.25, 0.3) is 0 Å². The van der Waals surface area contributed by atoms with Crippen molar-refractivity contribution in [2.75, 3.05) is 13.2 Å². The molecular weight excluding hydrogens is 128 g/mol. The predicted molar refractivity (Wildman–Crippen MR) is 39.7 cm³/mol. The van der Waals surface area contributed by atoms with E-state index in [1.165, 1.54) is 0 Å². The van der Waals surface area contributed by atoms with Crippen molar-refractivity contribution in [3.05, 3.63) is 12.2 Å². The average molecular weight is 142 g/mol. The van der Waals surface area contributed by atoms with Gasteiger partial charge in [-0.25, -0.2) is 0 Å². The van der Waals surface area contributed by atoms with Crippen LogP contribution in [-0.2, 0) is 4.74 Å². The first-order chi connectivity index (χ1) is 4.72. The van der Waals surface area contributed by atoms with Gasteiger partial charge in [-0.15, -0.1) is 0 Å². The third kappa shape index (κ3) is 1.58. The molecule has 0 radical (unpaired) electrons. The van der Waals surface area contributed by atoms with E-state index in [4.69, 9.17) is 4.74 Å². The number of aliphatic hydroxyl groups excluding tert-OH is 1. The van der Waals surface area contributed by atoms with Gasteiger partial charge in [0.1, 0.15) is 0 Å². The van der Waals surface area contributed by atoms with Gasteiger partial charge in [0.15, 0.2) is 0 Å². The molecule has 0 bridgehead atoms. The lowest BCUT2D eigenvalue weighted by molar-refractivity contribution is -0.0327. The molecule has 0 spiro atoms. The van der Waals surface area contributed by atoms with Crippen LogP contribution in [0.1, 0.15) is 13.3 Å². The Bertz CT molecular complexity index is 131. The molecule has 0 aromatic heterocycles. The van der Waals surface area contributed by atoms with E-state index in [2.05, 4.69) is 6.58 Å². The Hall–Kier alpha value is -0.340. The molecule has 1 heterocycles. The van der Waals surface area contributed by atoms with Crippen molar-refractivity contribution in [2.45, 2.75) is 19.4 Å². The maximum atomic E-state index is 9.35. The number of hydrogen-bond donors (Lipinski definition) is 1. The number of aliphatic hydroxyl groups is 1. The lowest BCUT2D eigenvalue weighted by Crippen LogP contribution is -2.32. The standard InChI is InChI=1S/C8H14O2/c1-6(2)7-3-4-10-5-8(7)9/h7-9H,1,3-5H2,2H3/t7-,8+/m1/s1. The number of ether oxygens (including phenoxy) is 1. The molecule has 2 nitrogen and oxygen atoms in total. The third-order valence-electron chi connectivity index (χ3n) is 1.96. The second-order valence-corrected chi connectivity index (χ2v) is 2.88. The molecule has 1 saturated heterocycles. The number of rotatable bonds is 1. The summed E-state index contributed by atoms with van der Waals surface area (Å²) in [6.07, 6.45) is 0.586. The van der Waals surface area contributed by atoms with Crippen molar-refractivity contribution in [3.63, 3.8) is 0 Å². The quantitative estimate of drug-likeness (QED) is 0.552. The van der Waals surface area contributed by atoms with Crippen molar-refractivity contribution in [1.29, 1.82) is 0 Å². The second-order valence-electron chi connectivity index (χ2n) is 2.88. The van der Waals surface area contributed by atoms with Crippen LogP contribution in [0.15, 0.2) is 12.2 Å². The van der Waals surface area contributed by atoms with Gasteiger partial charge >= 0.3 is 0 Å². The highest BCUT2D eigenvalue weighted by atomic mass is 16.5. The number of hydrogen-bond acceptors (Lipinski definition) is 2. The smallest absolute Gasteiger partial charge is 0.0839 e. The molecule has 0 amide bonds. The summed E-state index contributed by atoms with van der Waals surface area (Å²) < 4.78 is 5.07. The van der Waals surface area contributed by atoms with Gasteiger partial charge in [-0.3, -0.25) is 0 Å². The topological polar surface area (TPSA) is 29.5 Å². The van der Waals surface area contributed by atoms with Gasteiger partial charge in [-0.2, -0.15) is 0 Å². The average Bonchev–Trinajstić information content (AvgIpc) is 1.88. The normalized spacial score (nSPS) is 33.8. The van der Waals surface area contributed by atoms with Crippen LogP contribution in [0.4, 0.5) is 0 Å². The van der Waals surface area contributed by atoms with Crippen molar-refractivity contribution < 1.29 is 9.84 Å². The first-order valence-corrected chi connectivity index (χ1v) is 3.63. The van der Waals surface area contributed by atoms with Crippen molar-refractivity contribution in [3.8, 4) is 0 Å². The molecule has 10 heavy (non-hydrogen) atoms. The lowest BCUT2D eigenvalue weighted by atomic mass is 9.91. The van der Waals surface area contributed by atoms with Gasteiger partial charge in [0.25, 0.3) is 0 Å². The molecular formula is C8H14O2. The Morgan fingerprint density at radius 1 is 1.70 bits per heavy atom. The fourth-order valence-corrected chi connectivity index (χ4v) is 1.30. The predicted octanol–water partition coefficient (Wildman–Crippen LogP) is 0.960. The highest BCUT2D eigenvalue weighted by Gasteiger charge is 2.23. The fourth-order valence-electron chi connectivity index (χ4n) is 1.30. The molecule has 0 aliphatic carbocycles. The minimum atomic E-state index is -0.328. The Morgan fingerprint density at radius 2 is 2.40 bits per heavy atom. The fraction of sp³-hybridized carbons (Fsp3) is 0.750. The molecule has 0 aromatic carbocycles. The van der Waals surface area contributed by atoms with E-state index < -0.39 is 0 Å². The van der Waals surface area contributed by atoms with Gasteiger partial charge in [-0.1, -0.05) is 12.2 Å². The monoisotopic (exact) mass is 142 g/mol. The molecule has 0 unspecified atom stereocenters. The summed E-state index contributed by atoms with van der Waals surface area (Å²) in [6, 6.07) is 0. The molecule has 1 aliphatic rings. The van der Waals surface area contributed by atoms with Crippen molar-refractivity contribution in [1.82, 2.24) is 0 Å². The van der Waals surface area contributed by atoms with Gasteiger partial charge < -0.3 is 9.84 Å². The summed E-state index contributed by atoms with van der Waals surface area (Å²) in [4.78, 5) is 0. The maximum absolute atomic E-state index is 9.35. The summed E-state index contributed by atoms with van der Waals surface area (Å²) in [5.74, 6) is 0.258. The summed E-state index contributed by atoms with van der Waals surface area (Å²) in [5.41, 5.74) is 1.07. The van der Waals surface area contributed by atoms with E-state index in [0.717, 1.165) is 18.6 Å². The largest absolute Gasteiger partial charge is 0.390 e. The second kappa shape index (κ2) is 3.17. The van der Waals surface area contributed by atoms with Crippen LogP contribution in [0.5, 0.6) is 0 Å². The molecule has 1 rings (SSSR count). The Balaban J connectivity index is 2.47. The minimum Gasteiger partial charge on any atom is -0.390 e. The van der Waals surface area contributed by atoms with Crippen LogP contribution in [0.3, 0.4) is 0 Å². The van der Waals surface area contributed by atoms with Crippen LogP contribution < -0.4 is 0 Å². The first kappa shape index (κ1) is 7.76. The highest BCUT2D eigenvalue weighted by molar-refractivity contribution is 5.00. The van der Waals surface area contributed by atoms with E-state index in [1.807, 2.05) is 6.92 Å². The third-order valence-corrected chi connectivity index (χ3v) is 1.96. The van der Waals surface area contributed by atoms with Crippen LogP contribution >= 0.6 is 0 Å². The highest BCUT2D eigenvalue weighted by Crippen LogP contribution is 2.21. The Labute approximate surface area is 61.5 Å². The molecule has 2 heteroatoms. The van der Waals surface area contributed by atoms with Gasteiger partial charge in [0, 0.05) is 12.5 Å². The van der Waals surface area contributed by atoms with Crippen LogP contribution in [0, 0.1) is 5.92 Å². The Kier molecular flexibility index (Phi) is 2.46. The molecule has 0 aromatic rings.